The van der Waals surface area contributed by atoms with E-state index in [0.717, 1.165) is 16.8 Å². The van der Waals surface area contributed by atoms with Crippen LogP contribution in [0.25, 0.3) is 22.3 Å². The maximum atomic E-state index is 13.5. The highest BCUT2D eigenvalue weighted by atomic mass is 19.4. The molecule has 2 aromatic carbocycles. The molecule has 0 radical (unpaired) electrons. The van der Waals surface area contributed by atoms with Crippen molar-refractivity contribution in [3.63, 3.8) is 0 Å². The molecule has 1 amide bonds. The van der Waals surface area contributed by atoms with Crippen LogP contribution in [0.3, 0.4) is 0 Å². The molecule has 2 aliphatic rings. The summed E-state index contributed by atoms with van der Waals surface area (Å²) in [7, 11) is 0. The summed E-state index contributed by atoms with van der Waals surface area (Å²) in [6.07, 6.45) is -5.94. The molecule has 1 fully saturated rings. The maximum Gasteiger partial charge on any atom is 0.586 e. The summed E-state index contributed by atoms with van der Waals surface area (Å²) < 4.78 is 77.2. The zero-order valence-corrected chi connectivity index (χ0v) is 20.1. The maximum absolute atomic E-state index is 13.5. The lowest BCUT2D eigenvalue weighted by Gasteiger charge is -2.23. The highest BCUT2D eigenvalue weighted by molar-refractivity contribution is 5.95. The number of carbonyl (C=O) groups excluding carboxylic acids is 1. The van der Waals surface area contributed by atoms with E-state index < -0.39 is 36.0 Å². The Hall–Kier alpha value is -4.49. The second-order valence-corrected chi connectivity index (χ2v) is 9.32. The molecule has 1 aliphatic carbocycles. The van der Waals surface area contributed by atoms with Gasteiger partial charge in [-0.15, -0.1) is 8.78 Å². The molecule has 9 nitrogen and oxygen atoms in total. The zero-order chi connectivity index (χ0) is 27.7. The van der Waals surface area contributed by atoms with Crippen LogP contribution in [0.1, 0.15) is 24.0 Å². The number of amides is 1. The van der Waals surface area contributed by atoms with Gasteiger partial charge in [0.05, 0.1) is 11.9 Å². The van der Waals surface area contributed by atoms with Crippen LogP contribution in [0.5, 0.6) is 11.5 Å². The molecule has 1 aliphatic heterocycles. The van der Waals surface area contributed by atoms with Crippen LogP contribution in [0.4, 0.5) is 27.6 Å². The van der Waals surface area contributed by atoms with Crippen molar-refractivity contribution in [2.45, 2.75) is 44.8 Å². The number of halogens is 5. The molecule has 202 valence electrons. The number of fused-ring (bicyclic) bond motifs is 2. The molecule has 1 N–H and O–H groups in total. The topological polar surface area (TPSA) is 102 Å². The summed E-state index contributed by atoms with van der Waals surface area (Å²) in [6.45, 7) is 0.925. The first-order chi connectivity index (χ1) is 18.4. The highest BCUT2D eigenvalue weighted by Crippen LogP contribution is 2.44. The van der Waals surface area contributed by atoms with E-state index in [1.165, 1.54) is 42.4 Å². The molecule has 0 atom stereocenters. The molecule has 39 heavy (non-hydrogen) atoms. The normalized spacial score (nSPS) is 16.1. The lowest BCUT2D eigenvalue weighted by Crippen LogP contribution is -2.39. The van der Waals surface area contributed by atoms with Crippen molar-refractivity contribution in [1.29, 1.82) is 0 Å². The smallest absolute Gasteiger partial charge is 0.395 e. The summed E-state index contributed by atoms with van der Waals surface area (Å²) >= 11 is 0. The summed E-state index contributed by atoms with van der Waals surface area (Å²) in [5.41, 5.74) is -0.967. The molecule has 0 unspecified atom stereocenters. The first-order valence-corrected chi connectivity index (χ1v) is 11.7. The van der Waals surface area contributed by atoms with Gasteiger partial charge < -0.3 is 19.4 Å². The lowest BCUT2D eigenvalue weighted by atomic mass is 10.0. The summed E-state index contributed by atoms with van der Waals surface area (Å²) in [5.74, 6) is -1.01. The van der Waals surface area contributed by atoms with Crippen LogP contribution in [0, 0.1) is 6.92 Å². The number of imidazole rings is 1. The number of benzene rings is 2. The number of aromatic nitrogens is 4. The van der Waals surface area contributed by atoms with Gasteiger partial charge in [-0.2, -0.15) is 18.3 Å². The Morgan fingerprint density at radius 2 is 1.90 bits per heavy atom. The van der Waals surface area contributed by atoms with Gasteiger partial charge in [0.25, 0.3) is 5.56 Å². The predicted molar refractivity (Wildman–Crippen MR) is 126 cm³/mol. The van der Waals surface area contributed by atoms with Crippen molar-refractivity contribution < 1.29 is 36.2 Å². The molecule has 0 bridgehead atoms. The van der Waals surface area contributed by atoms with Crippen LogP contribution >= 0.6 is 0 Å². The van der Waals surface area contributed by atoms with Gasteiger partial charge in [0.1, 0.15) is 23.3 Å². The lowest BCUT2D eigenvalue weighted by molar-refractivity contribution is -0.286. The van der Waals surface area contributed by atoms with Crippen LogP contribution in [0.15, 0.2) is 47.5 Å². The van der Waals surface area contributed by atoms with Gasteiger partial charge in [-0.1, -0.05) is 0 Å². The Balaban J connectivity index is 1.39. The van der Waals surface area contributed by atoms with Crippen molar-refractivity contribution >= 4 is 22.6 Å². The number of rotatable bonds is 5. The second-order valence-electron chi connectivity index (χ2n) is 9.32. The fraction of sp³-hybridized carbons (Fsp3) is 0.280. The van der Waals surface area contributed by atoms with E-state index in [1.807, 2.05) is 0 Å². The number of nitrogens with one attached hydrogen (secondary N) is 1. The summed E-state index contributed by atoms with van der Waals surface area (Å²) in [4.78, 5) is 34.7. The second kappa shape index (κ2) is 8.51. The van der Waals surface area contributed by atoms with E-state index in [2.05, 4.69) is 24.5 Å². The third kappa shape index (κ3) is 4.55. The fourth-order valence-electron chi connectivity index (χ4n) is 4.55. The Morgan fingerprint density at radius 1 is 1.15 bits per heavy atom. The third-order valence-corrected chi connectivity index (χ3v) is 6.34. The van der Waals surface area contributed by atoms with Gasteiger partial charge >= 0.3 is 12.5 Å². The Bertz CT molecular complexity index is 1690. The van der Waals surface area contributed by atoms with Gasteiger partial charge in [0.2, 0.25) is 5.91 Å². The Kier molecular flexibility index (Phi) is 5.42. The monoisotopic (exact) mass is 547 g/mol. The number of hydrogen-bond donors (Lipinski definition) is 1. The van der Waals surface area contributed by atoms with E-state index in [-0.39, 0.29) is 45.5 Å². The van der Waals surface area contributed by atoms with E-state index >= 15 is 0 Å². The number of H-pyrrole nitrogens is 1. The average molecular weight is 547 g/mol. The number of aromatic amines is 1. The van der Waals surface area contributed by atoms with Crippen LogP contribution in [0.2, 0.25) is 0 Å². The number of aryl methyl sites for hydroxylation is 1. The van der Waals surface area contributed by atoms with Gasteiger partial charge in [-0.3, -0.25) is 9.59 Å². The number of anilines is 1. The summed E-state index contributed by atoms with van der Waals surface area (Å²) in [5, 5.41) is 4.24. The van der Waals surface area contributed by atoms with Crippen LogP contribution in [-0.4, -0.2) is 38.0 Å². The van der Waals surface area contributed by atoms with Crippen LogP contribution < -0.4 is 19.9 Å². The van der Waals surface area contributed by atoms with E-state index in [9.17, 15) is 31.5 Å². The molecule has 0 saturated heterocycles. The van der Waals surface area contributed by atoms with Gasteiger partial charge in [-0.25, -0.2) is 9.67 Å². The minimum Gasteiger partial charge on any atom is -0.395 e. The minimum atomic E-state index is -4.62. The Morgan fingerprint density at radius 3 is 2.62 bits per heavy atom. The molecule has 1 saturated carbocycles. The number of carbonyl (C=O) groups is 1. The number of nitrogens with zero attached hydrogens (tertiary/aromatic N) is 4. The van der Waals surface area contributed by atoms with Gasteiger partial charge in [0, 0.05) is 23.4 Å². The van der Waals surface area contributed by atoms with E-state index in [0.29, 0.717) is 18.4 Å². The van der Waals surface area contributed by atoms with E-state index in [1.54, 1.807) is 0 Å². The molecular formula is C25H18F5N5O4. The molecule has 6 rings (SSSR count). The predicted octanol–water partition coefficient (Wildman–Crippen LogP) is 4.63. The first-order valence-electron chi connectivity index (χ1n) is 11.7. The zero-order valence-electron chi connectivity index (χ0n) is 20.1. The van der Waals surface area contributed by atoms with Crippen LogP contribution in [-0.2, 0) is 17.5 Å². The van der Waals surface area contributed by atoms with Crippen molar-refractivity contribution in [3.05, 3.63) is 64.2 Å². The highest BCUT2D eigenvalue weighted by Gasteiger charge is 2.44. The quantitative estimate of drug-likeness (QED) is 0.366. The Labute approximate surface area is 215 Å². The molecule has 0 spiro atoms. The molecule has 2 aromatic heterocycles. The molecule has 4 aromatic rings. The average Bonchev–Trinajstić information content (AvgIpc) is 3.44. The van der Waals surface area contributed by atoms with Gasteiger partial charge in [-0.05, 0) is 55.7 Å². The van der Waals surface area contributed by atoms with Crippen molar-refractivity contribution in [2.24, 2.45) is 0 Å². The SMILES string of the molecule is Cc1cc(-c2nn(CC(=O)N(c3ccc4c(c3)OC(F)(F)O4)C3CC3)c(=O)c3[nH]cnc23)cc(C(F)(F)F)c1. The number of alkyl halides is 5. The molecule has 14 heteroatoms. The summed E-state index contributed by atoms with van der Waals surface area (Å²) in [6, 6.07) is 7.04. The van der Waals surface area contributed by atoms with Crippen molar-refractivity contribution in [3.8, 4) is 22.8 Å². The minimum absolute atomic E-state index is 0.0175. The largest absolute Gasteiger partial charge is 0.586 e. The molecule has 3 heterocycles. The van der Waals surface area contributed by atoms with Crippen molar-refractivity contribution in [1.82, 2.24) is 19.7 Å². The van der Waals surface area contributed by atoms with Gasteiger partial charge in [0.15, 0.2) is 11.5 Å². The fourth-order valence-corrected chi connectivity index (χ4v) is 4.55. The van der Waals surface area contributed by atoms with E-state index in [4.69, 9.17) is 0 Å². The third-order valence-electron chi connectivity index (χ3n) is 6.34. The number of hydrogen-bond acceptors (Lipinski definition) is 6. The standard InChI is InChI=1S/C25H18F5N5O4/c1-12-6-13(8-14(7-12)24(26,27)28)20-21-22(32-11-31-21)23(37)34(33-20)10-19(36)35(15-2-3-15)16-4-5-17-18(9-16)39-25(29,30)38-17/h4-9,11,15H,2-3,10H2,1H3,(H,31,32). The first kappa shape index (κ1) is 24.8. The van der Waals surface area contributed by atoms with Crippen molar-refractivity contribution in [2.75, 3.05) is 4.90 Å². The molecular weight excluding hydrogens is 529 g/mol. The number of ether oxygens (including phenoxy) is 2.